The molecule has 15 heavy (non-hydrogen) atoms. The highest BCUT2D eigenvalue weighted by Gasteiger charge is 2.73. The SMILES string of the molecule is C=C1CC[C@]23C([C@H](C(C)C)CC[C@H]2C)[C@@H]13. The van der Waals surface area contributed by atoms with Crippen molar-refractivity contribution in [3.8, 4) is 0 Å². The van der Waals surface area contributed by atoms with Crippen molar-refractivity contribution in [2.45, 2.75) is 46.5 Å². The van der Waals surface area contributed by atoms with Gasteiger partial charge in [0.2, 0.25) is 0 Å². The molecular formula is C15H24. The molecule has 3 aliphatic rings. The summed E-state index contributed by atoms with van der Waals surface area (Å²) < 4.78 is 0. The zero-order valence-electron chi connectivity index (χ0n) is 10.4. The molecule has 3 fully saturated rings. The summed E-state index contributed by atoms with van der Waals surface area (Å²) in [5.41, 5.74) is 2.34. The molecule has 0 amide bonds. The van der Waals surface area contributed by atoms with Crippen LogP contribution in [0.5, 0.6) is 0 Å². The van der Waals surface area contributed by atoms with Crippen molar-refractivity contribution in [1.29, 1.82) is 0 Å². The maximum atomic E-state index is 4.32. The second kappa shape index (κ2) is 2.90. The van der Waals surface area contributed by atoms with Crippen molar-refractivity contribution >= 4 is 0 Å². The lowest BCUT2D eigenvalue weighted by molar-refractivity contribution is 0.142. The Labute approximate surface area is 94.1 Å². The van der Waals surface area contributed by atoms with Gasteiger partial charge in [-0.15, -0.1) is 0 Å². The van der Waals surface area contributed by atoms with Gasteiger partial charge in [0.1, 0.15) is 0 Å². The number of allylic oxidation sites excluding steroid dienone is 1. The highest BCUT2D eigenvalue weighted by Crippen LogP contribution is 2.79. The molecule has 0 radical (unpaired) electrons. The van der Waals surface area contributed by atoms with E-state index in [9.17, 15) is 0 Å². The van der Waals surface area contributed by atoms with E-state index >= 15 is 0 Å². The van der Waals surface area contributed by atoms with E-state index in [1.54, 1.807) is 5.57 Å². The molecule has 0 nitrogen and oxygen atoms in total. The second-order valence-electron chi connectivity index (χ2n) is 6.66. The van der Waals surface area contributed by atoms with Crippen LogP contribution in [0.1, 0.15) is 46.5 Å². The van der Waals surface area contributed by atoms with Gasteiger partial charge in [-0.05, 0) is 60.7 Å². The standard InChI is InChI=1S/C15H24/c1-9(2)12-6-5-11(4)15-8-7-10(3)13(15)14(12)15/h9,11-14H,3,5-8H2,1-2,4H3/t11-,12+,13-,14?,15+/m1/s1. The largest absolute Gasteiger partial charge is 0.0995 e. The highest BCUT2D eigenvalue weighted by molar-refractivity contribution is 5.33. The lowest BCUT2D eigenvalue weighted by Gasteiger charge is -2.35. The van der Waals surface area contributed by atoms with E-state index in [-0.39, 0.29) is 0 Å². The zero-order chi connectivity index (χ0) is 10.8. The quantitative estimate of drug-likeness (QED) is 0.559. The first kappa shape index (κ1) is 9.93. The summed E-state index contributed by atoms with van der Waals surface area (Å²) >= 11 is 0. The Morgan fingerprint density at radius 1 is 1.33 bits per heavy atom. The molecule has 0 bridgehead atoms. The topological polar surface area (TPSA) is 0 Å². The third kappa shape index (κ3) is 1.04. The molecule has 84 valence electrons. The molecule has 0 aromatic heterocycles. The first-order chi connectivity index (χ1) is 7.09. The zero-order valence-corrected chi connectivity index (χ0v) is 10.4. The van der Waals surface area contributed by atoms with Crippen LogP contribution in [0.15, 0.2) is 12.2 Å². The summed E-state index contributed by atoms with van der Waals surface area (Å²) in [6, 6.07) is 0. The van der Waals surface area contributed by atoms with Crippen molar-refractivity contribution in [3.63, 3.8) is 0 Å². The van der Waals surface area contributed by atoms with E-state index < -0.39 is 0 Å². The molecule has 0 aliphatic heterocycles. The molecule has 0 saturated heterocycles. The van der Waals surface area contributed by atoms with Gasteiger partial charge in [-0.1, -0.05) is 32.9 Å². The second-order valence-corrected chi connectivity index (χ2v) is 6.66. The molecule has 3 aliphatic carbocycles. The van der Waals surface area contributed by atoms with Crippen molar-refractivity contribution in [3.05, 3.63) is 12.2 Å². The fraction of sp³-hybridized carbons (Fsp3) is 0.867. The van der Waals surface area contributed by atoms with Crippen LogP contribution in [-0.2, 0) is 0 Å². The molecular weight excluding hydrogens is 180 g/mol. The number of hydrogen-bond acceptors (Lipinski definition) is 0. The minimum Gasteiger partial charge on any atom is -0.0995 e. The Morgan fingerprint density at radius 3 is 2.73 bits per heavy atom. The molecule has 0 heteroatoms. The van der Waals surface area contributed by atoms with Gasteiger partial charge in [0, 0.05) is 0 Å². The summed E-state index contributed by atoms with van der Waals surface area (Å²) in [5, 5.41) is 0. The average Bonchev–Trinajstić information content (AvgIpc) is 2.75. The first-order valence-corrected chi connectivity index (χ1v) is 6.76. The van der Waals surface area contributed by atoms with Gasteiger partial charge in [0.15, 0.2) is 0 Å². The number of rotatable bonds is 1. The van der Waals surface area contributed by atoms with Gasteiger partial charge in [0.25, 0.3) is 0 Å². The smallest absolute Gasteiger partial charge is 0.0107 e. The fourth-order valence-electron chi connectivity index (χ4n) is 5.14. The average molecular weight is 204 g/mol. The van der Waals surface area contributed by atoms with Crippen LogP contribution in [0.2, 0.25) is 0 Å². The Bertz CT molecular complexity index is 301. The van der Waals surface area contributed by atoms with E-state index in [4.69, 9.17) is 0 Å². The molecule has 0 aromatic rings. The van der Waals surface area contributed by atoms with E-state index in [2.05, 4.69) is 27.4 Å². The number of hydrogen-bond donors (Lipinski definition) is 0. The van der Waals surface area contributed by atoms with Crippen molar-refractivity contribution in [2.24, 2.45) is 35.0 Å². The van der Waals surface area contributed by atoms with E-state index in [0.717, 1.165) is 35.0 Å². The highest BCUT2D eigenvalue weighted by atomic mass is 14.8. The maximum absolute atomic E-state index is 4.32. The number of fused-ring (bicyclic) bond motifs is 1. The van der Waals surface area contributed by atoms with E-state index in [0.29, 0.717) is 0 Å². The summed E-state index contributed by atoms with van der Waals surface area (Å²) in [6.07, 6.45) is 5.75. The molecule has 0 aromatic carbocycles. The minimum absolute atomic E-state index is 0.740. The van der Waals surface area contributed by atoms with Gasteiger partial charge in [0.05, 0.1) is 0 Å². The molecule has 1 spiro atoms. The van der Waals surface area contributed by atoms with Crippen molar-refractivity contribution < 1.29 is 0 Å². The molecule has 1 unspecified atom stereocenters. The van der Waals surface area contributed by atoms with Gasteiger partial charge >= 0.3 is 0 Å². The Balaban J connectivity index is 1.91. The predicted molar refractivity (Wildman–Crippen MR) is 64.5 cm³/mol. The summed E-state index contributed by atoms with van der Waals surface area (Å²) in [7, 11) is 0. The Hall–Kier alpha value is -0.260. The third-order valence-corrected chi connectivity index (χ3v) is 5.94. The molecule has 0 heterocycles. The lowest BCUT2D eigenvalue weighted by atomic mass is 9.70. The summed E-state index contributed by atoms with van der Waals surface area (Å²) in [4.78, 5) is 0. The van der Waals surface area contributed by atoms with Crippen LogP contribution in [0.4, 0.5) is 0 Å². The lowest BCUT2D eigenvalue weighted by Crippen LogP contribution is -2.27. The van der Waals surface area contributed by atoms with E-state index in [1.165, 1.54) is 25.7 Å². The van der Waals surface area contributed by atoms with Gasteiger partial charge in [-0.25, -0.2) is 0 Å². The molecule has 3 saturated carbocycles. The van der Waals surface area contributed by atoms with Crippen LogP contribution in [0.25, 0.3) is 0 Å². The first-order valence-electron chi connectivity index (χ1n) is 6.76. The third-order valence-electron chi connectivity index (χ3n) is 5.94. The van der Waals surface area contributed by atoms with Crippen LogP contribution < -0.4 is 0 Å². The Morgan fingerprint density at radius 2 is 2.07 bits per heavy atom. The van der Waals surface area contributed by atoms with Crippen LogP contribution in [-0.4, -0.2) is 0 Å². The molecule has 3 rings (SSSR count). The monoisotopic (exact) mass is 204 g/mol. The van der Waals surface area contributed by atoms with Gasteiger partial charge in [-0.3, -0.25) is 0 Å². The van der Waals surface area contributed by atoms with Gasteiger partial charge in [-0.2, -0.15) is 0 Å². The van der Waals surface area contributed by atoms with Crippen LogP contribution in [0.3, 0.4) is 0 Å². The fourth-order valence-corrected chi connectivity index (χ4v) is 5.14. The summed E-state index contributed by atoms with van der Waals surface area (Å²) in [6.45, 7) is 11.7. The van der Waals surface area contributed by atoms with Crippen molar-refractivity contribution in [2.75, 3.05) is 0 Å². The van der Waals surface area contributed by atoms with Gasteiger partial charge < -0.3 is 0 Å². The van der Waals surface area contributed by atoms with Crippen LogP contribution in [0, 0.1) is 35.0 Å². The van der Waals surface area contributed by atoms with Crippen molar-refractivity contribution in [1.82, 2.24) is 0 Å². The Kier molecular flexibility index (Phi) is 1.92. The normalized spacial score (nSPS) is 52.9. The summed E-state index contributed by atoms with van der Waals surface area (Å²) in [5.74, 6) is 4.83. The molecule has 0 N–H and O–H groups in total. The minimum atomic E-state index is 0.740. The van der Waals surface area contributed by atoms with E-state index in [1.807, 2.05) is 0 Å². The molecule has 5 atom stereocenters. The maximum Gasteiger partial charge on any atom is -0.0107 e. The van der Waals surface area contributed by atoms with Crippen LogP contribution >= 0.6 is 0 Å². The predicted octanol–water partition coefficient (Wildman–Crippen LogP) is 4.27.